The van der Waals surface area contributed by atoms with Gasteiger partial charge in [-0.1, -0.05) is 74.5 Å². The Morgan fingerprint density at radius 1 is 0.914 bits per heavy atom. The molecule has 2 heterocycles. The Bertz CT molecular complexity index is 1050. The van der Waals surface area contributed by atoms with Crippen molar-refractivity contribution in [2.45, 2.75) is 70.8 Å². The molecule has 186 valence electrons. The van der Waals surface area contributed by atoms with Gasteiger partial charge in [-0.15, -0.1) is 0 Å². The van der Waals surface area contributed by atoms with Gasteiger partial charge in [-0.3, -0.25) is 9.69 Å². The molecular weight excluding hydrogens is 428 g/mol. The molecule has 4 fully saturated rings. The maximum atomic E-state index is 14.2. The van der Waals surface area contributed by atoms with Crippen molar-refractivity contribution in [1.82, 2.24) is 9.80 Å². The molecule has 6 rings (SSSR count). The summed E-state index contributed by atoms with van der Waals surface area (Å²) >= 11 is 0. The van der Waals surface area contributed by atoms with Crippen LogP contribution in [0.1, 0.15) is 69.9 Å². The van der Waals surface area contributed by atoms with Gasteiger partial charge in [0, 0.05) is 37.0 Å². The number of hydrogen-bond donors (Lipinski definition) is 0. The average Bonchev–Trinajstić information content (AvgIpc) is 3.45. The fourth-order valence-corrected chi connectivity index (χ4v) is 8.91. The lowest BCUT2D eigenvalue weighted by molar-refractivity contribution is -0.147. The zero-order valence-electron chi connectivity index (χ0n) is 21.7. The first-order chi connectivity index (χ1) is 16.9. The van der Waals surface area contributed by atoms with Crippen LogP contribution in [0.3, 0.4) is 0 Å². The number of likely N-dealkylation sites (tertiary alicyclic amines) is 2. The van der Waals surface area contributed by atoms with E-state index in [1.807, 2.05) is 0 Å². The van der Waals surface area contributed by atoms with E-state index in [-0.39, 0.29) is 10.8 Å². The summed E-state index contributed by atoms with van der Waals surface area (Å²) < 4.78 is 0. The molecule has 2 aromatic carbocycles. The Labute approximate surface area is 211 Å². The van der Waals surface area contributed by atoms with Gasteiger partial charge < -0.3 is 4.90 Å². The molecule has 1 spiro atoms. The molecule has 0 aromatic heterocycles. The average molecular weight is 471 g/mol. The van der Waals surface area contributed by atoms with Crippen molar-refractivity contribution in [3.05, 3.63) is 71.8 Å². The molecule has 2 aliphatic heterocycles. The number of fused-ring (bicyclic) bond motifs is 2. The molecule has 2 saturated carbocycles. The second-order valence-electron chi connectivity index (χ2n) is 13.1. The number of amides is 1. The molecule has 0 radical (unpaired) electrons. The van der Waals surface area contributed by atoms with Crippen LogP contribution < -0.4 is 0 Å². The Morgan fingerprint density at radius 3 is 2.40 bits per heavy atom. The molecule has 2 aliphatic carbocycles. The van der Waals surface area contributed by atoms with E-state index in [9.17, 15) is 4.79 Å². The van der Waals surface area contributed by atoms with Crippen molar-refractivity contribution in [3.63, 3.8) is 0 Å². The first-order valence-corrected chi connectivity index (χ1v) is 14.0. The monoisotopic (exact) mass is 470 g/mol. The third kappa shape index (κ3) is 4.35. The minimum Gasteiger partial charge on any atom is -0.342 e. The lowest BCUT2D eigenvalue weighted by atomic mass is 9.50. The number of carbonyl (C=O) groups is 1. The zero-order valence-corrected chi connectivity index (χ0v) is 21.7. The summed E-state index contributed by atoms with van der Waals surface area (Å²) in [5.74, 6) is 1.87. The van der Waals surface area contributed by atoms with Gasteiger partial charge in [0.2, 0.25) is 5.91 Å². The van der Waals surface area contributed by atoms with E-state index in [0.29, 0.717) is 17.2 Å². The quantitative estimate of drug-likeness (QED) is 0.525. The number of rotatable bonds is 4. The van der Waals surface area contributed by atoms with E-state index in [2.05, 4.69) is 84.3 Å². The van der Waals surface area contributed by atoms with Crippen LogP contribution in [-0.4, -0.2) is 41.9 Å². The molecule has 3 heteroatoms. The molecule has 5 atom stereocenters. The van der Waals surface area contributed by atoms with Gasteiger partial charge in [0.05, 0.1) is 0 Å². The highest BCUT2D eigenvalue weighted by molar-refractivity contribution is 5.83. The summed E-state index contributed by atoms with van der Waals surface area (Å²) in [5.41, 5.74) is 3.12. The lowest BCUT2D eigenvalue weighted by Crippen LogP contribution is -2.53. The number of hydrogen-bond acceptors (Lipinski definition) is 2. The lowest BCUT2D eigenvalue weighted by Gasteiger charge is -2.54. The standard InChI is InChI=1S/C32H42N2O/c1-25-17-27-19-30(2,22-32(18-25,20-27)28-11-7-4-8-12-28)29(35)34-16-14-31(24-34)13-15-33(23-31)21-26-9-5-3-6-10-26/h3-12,25,27H,13-24H2,1-2H3. The van der Waals surface area contributed by atoms with E-state index in [1.54, 1.807) is 0 Å². The summed E-state index contributed by atoms with van der Waals surface area (Å²) in [4.78, 5) is 19.1. The van der Waals surface area contributed by atoms with E-state index in [4.69, 9.17) is 0 Å². The molecule has 4 aliphatic rings. The first kappa shape index (κ1) is 23.3. The largest absolute Gasteiger partial charge is 0.342 e. The van der Waals surface area contributed by atoms with Gasteiger partial charge in [0.1, 0.15) is 0 Å². The first-order valence-electron chi connectivity index (χ1n) is 14.0. The van der Waals surface area contributed by atoms with Crippen LogP contribution in [0.5, 0.6) is 0 Å². The molecule has 3 nitrogen and oxygen atoms in total. The summed E-state index contributed by atoms with van der Waals surface area (Å²) in [7, 11) is 0. The van der Waals surface area contributed by atoms with Crippen molar-refractivity contribution in [3.8, 4) is 0 Å². The van der Waals surface area contributed by atoms with Gasteiger partial charge in [-0.25, -0.2) is 0 Å². The van der Waals surface area contributed by atoms with E-state index in [0.717, 1.165) is 51.5 Å². The predicted molar refractivity (Wildman–Crippen MR) is 142 cm³/mol. The van der Waals surface area contributed by atoms with Gasteiger partial charge in [-0.05, 0) is 79.9 Å². The molecule has 1 amide bonds. The molecule has 35 heavy (non-hydrogen) atoms. The minimum atomic E-state index is -0.229. The van der Waals surface area contributed by atoms with Crippen LogP contribution in [0.2, 0.25) is 0 Å². The molecule has 5 unspecified atom stereocenters. The third-order valence-electron chi connectivity index (χ3n) is 10.0. The SMILES string of the molecule is CC1CC2CC(C)(C(=O)N3CCC4(CCN(Cc5ccccc5)C4)C3)CC(c3ccccc3)(C1)C2. The van der Waals surface area contributed by atoms with Crippen molar-refractivity contribution in [1.29, 1.82) is 0 Å². The van der Waals surface area contributed by atoms with Crippen LogP contribution in [0, 0.1) is 22.7 Å². The Kier molecular flexibility index (Phi) is 5.83. The third-order valence-corrected chi connectivity index (χ3v) is 10.0. The molecule has 0 N–H and O–H groups in total. The smallest absolute Gasteiger partial charge is 0.228 e. The van der Waals surface area contributed by atoms with Crippen LogP contribution in [0.15, 0.2) is 60.7 Å². The second kappa shape index (κ2) is 8.76. The molecule has 2 aromatic rings. The van der Waals surface area contributed by atoms with Crippen molar-refractivity contribution in [2.24, 2.45) is 22.7 Å². The fourth-order valence-electron chi connectivity index (χ4n) is 8.91. The number of nitrogens with zero attached hydrogens (tertiary/aromatic N) is 2. The number of benzene rings is 2. The Balaban J connectivity index is 1.17. The van der Waals surface area contributed by atoms with E-state index < -0.39 is 0 Å². The molecular formula is C32H42N2O. The second-order valence-corrected chi connectivity index (χ2v) is 13.1. The summed E-state index contributed by atoms with van der Waals surface area (Å²) in [6.45, 7) is 9.99. The van der Waals surface area contributed by atoms with Crippen LogP contribution in [0.25, 0.3) is 0 Å². The van der Waals surface area contributed by atoms with Crippen molar-refractivity contribution < 1.29 is 4.79 Å². The normalized spacial score (nSPS) is 37.1. The van der Waals surface area contributed by atoms with Gasteiger partial charge in [0.25, 0.3) is 0 Å². The molecule has 2 saturated heterocycles. The minimum absolute atomic E-state index is 0.170. The van der Waals surface area contributed by atoms with Crippen LogP contribution >= 0.6 is 0 Å². The summed E-state index contributed by atoms with van der Waals surface area (Å²) in [6.07, 6.45) is 8.29. The zero-order chi connectivity index (χ0) is 24.1. The van der Waals surface area contributed by atoms with Crippen molar-refractivity contribution >= 4 is 5.91 Å². The van der Waals surface area contributed by atoms with Gasteiger partial charge in [0.15, 0.2) is 0 Å². The van der Waals surface area contributed by atoms with Crippen LogP contribution in [0.4, 0.5) is 0 Å². The highest BCUT2D eigenvalue weighted by Crippen LogP contribution is 2.58. The topological polar surface area (TPSA) is 23.6 Å². The highest BCUT2D eigenvalue weighted by atomic mass is 16.2. The van der Waals surface area contributed by atoms with Crippen LogP contribution in [-0.2, 0) is 16.8 Å². The van der Waals surface area contributed by atoms with E-state index >= 15 is 0 Å². The fraction of sp³-hybridized carbons (Fsp3) is 0.594. The maximum Gasteiger partial charge on any atom is 0.228 e. The van der Waals surface area contributed by atoms with Gasteiger partial charge >= 0.3 is 0 Å². The highest BCUT2D eigenvalue weighted by Gasteiger charge is 2.55. The Morgan fingerprint density at radius 2 is 1.63 bits per heavy atom. The summed E-state index contributed by atoms with van der Waals surface area (Å²) in [6, 6.07) is 22.0. The molecule has 2 bridgehead atoms. The van der Waals surface area contributed by atoms with E-state index in [1.165, 1.54) is 43.2 Å². The van der Waals surface area contributed by atoms with Crippen molar-refractivity contribution in [2.75, 3.05) is 26.2 Å². The van der Waals surface area contributed by atoms with Gasteiger partial charge in [-0.2, -0.15) is 0 Å². The maximum absolute atomic E-state index is 14.2. The number of carbonyl (C=O) groups excluding carboxylic acids is 1. The summed E-state index contributed by atoms with van der Waals surface area (Å²) in [5, 5.41) is 0. The predicted octanol–water partition coefficient (Wildman–Crippen LogP) is 6.29. The Hall–Kier alpha value is -2.13.